The zero-order chi connectivity index (χ0) is 22.1. The molecule has 3 aromatic rings. The average molecular weight is 556 g/mol. The zero-order valence-electron chi connectivity index (χ0n) is 16.9. The van der Waals surface area contributed by atoms with Gasteiger partial charge in [0, 0.05) is 26.2 Å². The summed E-state index contributed by atoms with van der Waals surface area (Å²) in [6.07, 6.45) is 0. The Morgan fingerprint density at radius 2 is 1.83 bits per heavy atom. The topological polar surface area (TPSA) is 77.9 Å². The predicted molar refractivity (Wildman–Crippen MR) is 127 cm³/mol. The lowest BCUT2D eigenvalue weighted by Crippen LogP contribution is -2.26. The van der Waals surface area contributed by atoms with Crippen LogP contribution < -0.4 is 10.0 Å². The zero-order valence-corrected chi connectivity index (χ0v) is 21.0. The number of nitrogens with zero attached hydrogens (tertiary/aromatic N) is 2. The summed E-state index contributed by atoms with van der Waals surface area (Å²) in [6, 6.07) is 15.8. The van der Waals surface area contributed by atoms with Crippen molar-refractivity contribution < 1.29 is 13.9 Å². The molecule has 0 amide bonds. The minimum atomic E-state index is -2.87. The van der Waals surface area contributed by atoms with Gasteiger partial charge in [-0.15, -0.1) is 0 Å². The fourth-order valence-corrected chi connectivity index (χ4v) is 6.58. The molecule has 0 aliphatic heterocycles. The molecular weight excluding hydrogens is 535 g/mol. The fourth-order valence-electron chi connectivity index (χ4n) is 2.84. The highest BCUT2D eigenvalue weighted by molar-refractivity contribution is 9.10. The van der Waals surface area contributed by atoms with E-state index < -0.39 is 17.4 Å². The molecule has 9 heteroatoms. The van der Waals surface area contributed by atoms with Crippen LogP contribution in [0.1, 0.15) is 26.5 Å². The lowest BCUT2D eigenvalue weighted by molar-refractivity contribution is -0.384. The van der Waals surface area contributed by atoms with Gasteiger partial charge >= 0.3 is 0 Å². The van der Waals surface area contributed by atoms with Crippen LogP contribution in [-0.4, -0.2) is 10.1 Å². The van der Waals surface area contributed by atoms with Crippen molar-refractivity contribution in [1.82, 2.24) is 0 Å². The lowest BCUT2D eigenvalue weighted by Gasteiger charge is -2.35. The summed E-state index contributed by atoms with van der Waals surface area (Å²) in [4.78, 5) is 10.9. The molecule has 2 aromatic carbocycles. The van der Waals surface area contributed by atoms with Gasteiger partial charge in [0.2, 0.25) is 7.28 Å². The fraction of sp³-hybridized carbons (Fsp3) is 0.238. The van der Waals surface area contributed by atoms with Crippen LogP contribution in [0.25, 0.3) is 0 Å². The molecular formula is C21H21Br2N2O4P. The van der Waals surface area contributed by atoms with Crippen molar-refractivity contribution >= 4 is 56.0 Å². The van der Waals surface area contributed by atoms with Crippen molar-refractivity contribution in [3.05, 3.63) is 79.4 Å². The van der Waals surface area contributed by atoms with Crippen LogP contribution in [0.3, 0.4) is 0 Å². The number of hydrogen-bond donors (Lipinski definition) is 0. The molecule has 30 heavy (non-hydrogen) atoms. The Hall–Kier alpha value is -1.89. The highest BCUT2D eigenvalue weighted by Crippen LogP contribution is 2.62. The Bertz CT molecular complexity index is 1150. The molecule has 0 unspecified atom stereocenters. The number of halogens is 2. The predicted octanol–water partition coefficient (Wildman–Crippen LogP) is 7.97. The monoisotopic (exact) mass is 554 g/mol. The molecule has 0 radical (unpaired) electrons. The molecule has 0 bridgehead atoms. The first-order chi connectivity index (χ1) is 14.0. The minimum absolute atomic E-state index is 0.0398. The third kappa shape index (κ3) is 4.71. The number of rotatable bonds is 5. The van der Waals surface area contributed by atoms with Crippen molar-refractivity contribution in [1.29, 1.82) is 0 Å². The van der Waals surface area contributed by atoms with Crippen LogP contribution >= 0.6 is 39.1 Å². The summed E-state index contributed by atoms with van der Waals surface area (Å²) in [7, 11) is -2.87. The Kier molecular flexibility index (Phi) is 6.60. The Labute approximate surface area is 192 Å². The number of hydrogen-bond acceptors (Lipinski definition) is 5. The first-order valence-electron chi connectivity index (χ1n) is 9.10. The van der Waals surface area contributed by atoms with Gasteiger partial charge in [-0.3, -0.25) is 10.1 Å². The van der Waals surface area contributed by atoms with E-state index in [-0.39, 0.29) is 5.69 Å². The van der Waals surface area contributed by atoms with Gasteiger partial charge < -0.3 is 8.94 Å². The van der Waals surface area contributed by atoms with Crippen LogP contribution in [-0.2, 0) is 0 Å². The molecule has 3 rings (SSSR count). The van der Waals surface area contributed by atoms with Crippen LogP contribution in [0.15, 0.2) is 72.7 Å². The standard InChI is InChI=1S/C21H21Br2N2O4P/c1-14-8-11-20(28-14)30(21(2,3)4,29-17-7-5-6-15(22)12-17)24-19-13-16(25(26)27)9-10-18(19)23/h5-13H,1-4H3/t30-/m1/s1. The highest BCUT2D eigenvalue weighted by atomic mass is 79.9. The van der Waals surface area contributed by atoms with E-state index in [0.717, 1.165) is 10.2 Å². The van der Waals surface area contributed by atoms with E-state index >= 15 is 0 Å². The quantitative estimate of drug-likeness (QED) is 0.182. The van der Waals surface area contributed by atoms with Gasteiger partial charge in [-0.25, -0.2) is 4.74 Å². The van der Waals surface area contributed by atoms with Gasteiger partial charge in [0.15, 0.2) is 5.50 Å². The normalized spacial score (nSPS) is 13.5. The van der Waals surface area contributed by atoms with E-state index in [2.05, 4.69) is 31.9 Å². The molecule has 1 atom stereocenters. The molecule has 0 fully saturated rings. The number of non-ortho nitro benzene ring substituents is 1. The van der Waals surface area contributed by atoms with Crippen LogP contribution in [0.4, 0.5) is 11.4 Å². The molecule has 0 aliphatic carbocycles. The maximum Gasteiger partial charge on any atom is 0.271 e. The molecule has 0 saturated heterocycles. The van der Waals surface area contributed by atoms with Crippen molar-refractivity contribution in [3.63, 3.8) is 0 Å². The second-order valence-corrected chi connectivity index (χ2v) is 12.8. The van der Waals surface area contributed by atoms with Crippen LogP contribution in [0.2, 0.25) is 0 Å². The van der Waals surface area contributed by atoms with Crippen molar-refractivity contribution in [2.75, 3.05) is 0 Å². The maximum absolute atomic E-state index is 11.3. The number of aryl methyl sites for hydroxylation is 1. The smallest absolute Gasteiger partial charge is 0.271 e. The van der Waals surface area contributed by atoms with Gasteiger partial charge in [0.05, 0.1) is 10.6 Å². The first kappa shape index (κ1) is 22.8. The second-order valence-electron chi connectivity index (χ2n) is 7.67. The summed E-state index contributed by atoms with van der Waals surface area (Å²) in [5.74, 6) is 1.37. The van der Waals surface area contributed by atoms with Gasteiger partial charge in [0.1, 0.15) is 11.5 Å². The summed E-state index contributed by atoms with van der Waals surface area (Å²) < 4.78 is 19.2. The maximum atomic E-state index is 11.3. The molecule has 0 aliphatic rings. The molecule has 0 saturated carbocycles. The Morgan fingerprint density at radius 1 is 1.10 bits per heavy atom. The van der Waals surface area contributed by atoms with Crippen molar-refractivity contribution in [3.8, 4) is 5.75 Å². The number of nitro groups is 1. The molecule has 1 heterocycles. The largest absolute Gasteiger partial charge is 0.457 e. The molecule has 1 aromatic heterocycles. The number of benzene rings is 2. The van der Waals surface area contributed by atoms with Crippen molar-refractivity contribution in [2.24, 2.45) is 4.74 Å². The lowest BCUT2D eigenvalue weighted by atomic mass is 10.3. The summed E-state index contributed by atoms with van der Waals surface area (Å²) in [6.45, 7) is 7.96. The van der Waals surface area contributed by atoms with Gasteiger partial charge in [-0.1, -0.05) is 42.8 Å². The Balaban J connectivity index is 2.35. The molecule has 0 N–H and O–H groups in total. The SMILES string of the molecule is Cc1ccc([P@@](=Nc2cc([N+](=O)[O-])ccc2Br)(Oc2cccc(Br)c2)C(C)(C)C)o1. The van der Waals surface area contributed by atoms with Crippen LogP contribution in [0.5, 0.6) is 5.75 Å². The molecule has 6 nitrogen and oxygen atoms in total. The number of nitro benzene ring substituents is 1. The summed E-state index contributed by atoms with van der Waals surface area (Å²) in [5, 5.41) is 10.9. The molecule has 158 valence electrons. The molecule has 0 spiro atoms. The van der Waals surface area contributed by atoms with Gasteiger partial charge in [-0.2, -0.15) is 0 Å². The highest BCUT2D eigenvalue weighted by Gasteiger charge is 2.42. The second kappa shape index (κ2) is 8.69. The third-order valence-electron chi connectivity index (χ3n) is 4.36. The van der Waals surface area contributed by atoms with Gasteiger partial charge in [0.25, 0.3) is 5.69 Å². The van der Waals surface area contributed by atoms with E-state index in [0.29, 0.717) is 21.4 Å². The first-order valence-corrected chi connectivity index (χ1v) is 12.3. The summed E-state index contributed by atoms with van der Waals surface area (Å²) in [5.41, 5.74) is 1.02. The van der Waals surface area contributed by atoms with E-state index in [9.17, 15) is 10.1 Å². The van der Waals surface area contributed by atoms with E-state index in [4.69, 9.17) is 13.7 Å². The number of furan rings is 1. The van der Waals surface area contributed by atoms with E-state index in [1.165, 1.54) is 12.1 Å². The summed E-state index contributed by atoms with van der Waals surface area (Å²) >= 11 is 6.96. The van der Waals surface area contributed by atoms with Gasteiger partial charge in [-0.05, 0) is 59.3 Å². The average Bonchev–Trinajstić information content (AvgIpc) is 3.08. The van der Waals surface area contributed by atoms with E-state index in [1.54, 1.807) is 6.07 Å². The Morgan fingerprint density at radius 3 is 2.40 bits per heavy atom. The van der Waals surface area contributed by atoms with E-state index in [1.807, 2.05) is 64.1 Å². The van der Waals surface area contributed by atoms with Crippen molar-refractivity contribution in [2.45, 2.75) is 32.9 Å². The third-order valence-corrected chi connectivity index (χ3v) is 9.15. The minimum Gasteiger partial charge on any atom is -0.457 e. The van der Waals surface area contributed by atoms with Crippen LogP contribution in [0, 0.1) is 17.0 Å².